The summed E-state index contributed by atoms with van der Waals surface area (Å²) in [6.07, 6.45) is 4.51. The highest BCUT2D eigenvalue weighted by molar-refractivity contribution is 5.27. The van der Waals surface area contributed by atoms with Crippen molar-refractivity contribution < 1.29 is 9.15 Å². The van der Waals surface area contributed by atoms with Crippen LogP contribution in [0.5, 0.6) is 0 Å². The van der Waals surface area contributed by atoms with E-state index in [9.17, 15) is 0 Å². The number of nitrogens with one attached hydrogen (secondary N) is 1. The van der Waals surface area contributed by atoms with Gasteiger partial charge in [-0.1, -0.05) is 0 Å². The molecule has 0 amide bonds. The van der Waals surface area contributed by atoms with E-state index >= 15 is 0 Å². The Balaban J connectivity index is 1.60. The Bertz CT molecular complexity index is 566. The molecule has 1 aliphatic rings. The maximum atomic E-state index is 5.64. The van der Waals surface area contributed by atoms with Crippen molar-refractivity contribution in [2.45, 2.75) is 45.9 Å². The quantitative estimate of drug-likeness (QED) is 0.888. The number of hydrogen-bond donors (Lipinski definition) is 1. The number of aromatic nitrogens is 1. The normalized spacial score (nSPS) is 18.5. The lowest BCUT2D eigenvalue weighted by molar-refractivity contribution is 0.110. The number of rotatable bonds is 6. The zero-order chi connectivity index (χ0) is 14.7. The predicted octanol–water partition coefficient (Wildman–Crippen LogP) is 3.01. The molecule has 0 aliphatic carbocycles. The van der Waals surface area contributed by atoms with Crippen LogP contribution >= 0.6 is 0 Å². The van der Waals surface area contributed by atoms with Crippen molar-refractivity contribution in [2.24, 2.45) is 0 Å². The lowest BCUT2D eigenvalue weighted by atomic mass is 10.2. The van der Waals surface area contributed by atoms with E-state index < -0.39 is 0 Å². The minimum atomic E-state index is 0.400. The highest BCUT2D eigenvalue weighted by Gasteiger charge is 2.15. The smallest absolute Gasteiger partial charge is 0.123 e. The number of aryl methyl sites for hydroxylation is 1. The predicted molar refractivity (Wildman–Crippen MR) is 82.4 cm³/mol. The van der Waals surface area contributed by atoms with Gasteiger partial charge in [-0.15, -0.1) is 0 Å². The monoisotopic (exact) mass is 288 g/mol. The molecule has 114 valence electrons. The molecule has 4 heteroatoms. The van der Waals surface area contributed by atoms with Crippen LogP contribution in [-0.4, -0.2) is 23.8 Å². The van der Waals surface area contributed by atoms with Crippen LogP contribution in [0.4, 0.5) is 0 Å². The fourth-order valence-corrected chi connectivity index (χ4v) is 3.03. The molecule has 2 aromatic heterocycles. The Hall–Kier alpha value is -1.52. The van der Waals surface area contributed by atoms with Crippen LogP contribution in [-0.2, 0) is 17.8 Å². The van der Waals surface area contributed by atoms with Gasteiger partial charge in [-0.05, 0) is 50.5 Å². The third-order valence-electron chi connectivity index (χ3n) is 4.28. The van der Waals surface area contributed by atoms with Crippen molar-refractivity contribution in [1.29, 1.82) is 0 Å². The second-order valence-corrected chi connectivity index (χ2v) is 5.83. The van der Waals surface area contributed by atoms with Gasteiger partial charge >= 0.3 is 0 Å². The first-order chi connectivity index (χ1) is 10.2. The highest BCUT2D eigenvalue weighted by Crippen LogP contribution is 2.18. The van der Waals surface area contributed by atoms with Crippen LogP contribution in [0.25, 0.3) is 0 Å². The average molecular weight is 288 g/mol. The Labute approximate surface area is 126 Å². The molecule has 1 unspecified atom stereocenters. The molecule has 0 spiro atoms. The highest BCUT2D eigenvalue weighted by atomic mass is 16.5. The third-order valence-corrected chi connectivity index (χ3v) is 4.28. The summed E-state index contributed by atoms with van der Waals surface area (Å²) < 4.78 is 13.4. The molecular weight excluding hydrogens is 264 g/mol. The van der Waals surface area contributed by atoms with Crippen molar-refractivity contribution in [2.75, 3.05) is 13.2 Å². The standard InChI is InChI=1S/C17H24N2O2/c1-13-9-15(10-18-11-16-5-3-7-20-16)14(2)19(13)12-17-6-4-8-21-17/h4,6,8-9,16,18H,3,5,7,10-12H2,1-2H3. The minimum Gasteiger partial charge on any atom is -0.467 e. The summed E-state index contributed by atoms with van der Waals surface area (Å²) in [5.74, 6) is 0.996. The molecule has 0 radical (unpaired) electrons. The summed E-state index contributed by atoms with van der Waals surface area (Å²) >= 11 is 0. The number of hydrogen-bond acceptors (Lipinski definition) is 3. The second kappa shape index (κ2) is 6.50. The van der Waals surface area contributed by atoms with Crippen LogP contribution in [0, 0.1) is 13.8 Å². The molecular formula is C17H24N2O2. The summed E-state index contributed by atoms with van der Waals surface area (Å²) in [5, 5.41) is 3.52. The molecule has 4 nitrogen and oxygen atoms in total. The fourth-order valence-electron chi connectivity index (χ4n) is 3.03. The van der Waals surface area contributed by atoms with E-state index in [4.69, 9.17) is 9.15 Å². The second-order valence-electron chi connectivity index (χ2n) is 5.83. The number of nitrogens with zero attached hydrogens (tertiary/aromatic N) is 1. The van der Waals surface area contributed by atoms with Gasteiger partial charge in [0.05, 0.1) is 18.9 Å². The molecule has 21 heavy (non-hydrogen) atoms. The molecule has 3 heterocycles. The Kier molecular flexibility index (Phi) is 4.46. The molecule has 1 N–H and O–H groups in total. The van der Waals surface area contributed by atoms with Gasteiger partial charge in [0.15, 0.2) is 0 Å². The summed E-state index contributed by atoms with van der Waals surface area (Å²) in [6.45, 7) is 7.90. The summed E-state index contributed by atoms with van der Waals surface area (Å²) in [4.78, 5) is 0. The molecule has 1 atom stereocenters. The van der Waals surface area contributed by atoms with E-state index in [1.54, 1.807) is 6.26 Å². The topological polar surface area (TPSA) is 39.3 Å². The Morgan fingerprint density at radius 2 is 2.29 bits per heavy atom. The van der Waals surface area contributed by atoms with Gasteiger partial charge in [-0.25, -0.2) is 0 Å². The first kappa shape index (κ1) is 14.4. The van der Waals surface area contributed by atoms with Crippen LogP contribution in [0.15, 0.2) is 28.9 Å². The van der Waals surface area contributed by atoms with Crippen molar-refractivity contribution in [3.8, 4) is 0 Å². The average Bonchev–Trinajstić information content (AvgIpc) is 3.19. The Morgan fingerprint density at radius 3 is 3.00 bits per heavy atom. The largest absolute Gasteiger partial charge is 0.467 e. The summed E-state index contributed by atoms with van der Waals surface area (Å²) in [5.41, 5.74) is 3.94. The maximum Gasteiger partial charge on any atom is 0.123 e. The zero-order valence-electron chi connectivity index (χ0n) is 12.9. The van der Waals surface area contributed by atoms with Gasteiger partial charge < -0.3 is 19.0 Å². The van der Waals surface area contributed by atoms with Gasteiger partial charge in [-0.3, -0.25) is 0 Å². The van der Waals surface area contributed by atoms with Crippen molar-refractivity contribution in [3.63, 3.8) is 0 Å². The maximum absolute atomic E-state index is 5.64. The number of ether oxygens (including phenoxy) is 1. The van der Waals surface area contributed by atoms with Crippen LogP contribution in [0.2, 0.25) is 0 Å². The number of furan rings is 1. The zero-order valence-corrected chi connectivity index (χ0v) is 12.9. The summed E-state index contributed by atoms with van der Waals surface area (Å²) in [7, 11) is 0. The van der Waals surface area contributed by atoms with E-state index in [2.05, 4.69) is 29.8 Å². The molecule has 0 bridgehead atoms. The van der Waals surface area contributed by atoms with E-state index in [-0.39, 0.29) is 0 Å². The van der Waals surface area contributed by atoms with Crippen molar-refractivity contribution in [1.82, 2.24) is 9.88 Å². The molecule has 2 aromatic rings. The third kappa shape index (κ3) is 3.39. The van der Waals surface area contributed by atoms with Crippen LogP contribution in [0.1, 0.15) is 35.6 Å². The molecule has 0 saturated carbocycles. The fraction of sp³-hybridized carbons (Fsp3) is 0.529. The Morgan fingerprint density at radius 1 is 1.38 bits per heavy atom. The molecule has 3 rings (SSSR count). The summed E-state index contributed by atoms with van der Waals surface area (Å²) in [6, 6.07) is 6.22. The van der Waals surface area contributed by atoms with Gasteiger partial charge in [0.2, 0.25) is 0 Å². The molecule has 1 aliphatic heterocycles. The van der Waals surface area contributed by atoms with Gasteiger partial charge in [0.25, 0.3) is 0 Å². The van der Waals surface area contributed by atoms with Crippen molar-refractivity contribution >= 4 is 0 Å². The van der Waals surface area contributed by atoms with Gasteiger partial charge in [0, 0.05) is 31.1 Å². The van der Waals surface area contributed by atoms with E-state index in [1.807, 2.05) is 12.1 Å². The van der Waals surface area contributed by atoms with Crippen LogP contribution in [0.3, 0.4) is 0 Å². The first-order valence-corrected chi connectivity index (χ1v) is 7.74. The van der Waals surface area contributed by atoms with E-state index in [0.717, 1.165) is 32.0 Å². The van der Waals surface area contributed by atoms with Crippen molar-refractivity contribution in [3.05, 3.63) is 47.2 Å². The molecule has 1 saturated heterocycles. The SMILES string of the molecule is Cc1cc(CNCC2CCCO2)c(C)n1Cc1ccco1. The molecule has 1 fully saturated rings. The minimum absolute atomic E-state index is 0.400. The lowest BCUT2D eigenvalue weighted by Crippen LogP contribution is -2.25. The van der Waals surface area contributed by atoms with E-state index in [0.29, 0.717) is 6.10 Å². The first-order valence-electron chi connectivity index (χ1n) is 7.74. The lowest BCUT2D eigenvalue weighted by Gasteiger charge is -2.11. The van der Waals surface area contributed by atoms with Gasteiger partial charge in [0.1, 0.15) is 5.76 Å². The van der Waals surface area contributed by atoms with E-state index in [1.165, 1.54) is 29.8 Å². The van der Waals surface area contributed by atoms with Gasteiger partial charge in [-0.2, -0.15) is 0 Å². The van der Waals surface area contributed by atoms with Crippen LogP contribution < -0.4 is 5.32 Å². The molecule has 0 aromatic carbocycles.